The zero-order valence-corrected chi connectivity index (χ0v) is 13.8. The Morgan fingerprint density at radius 1 is 1.10 bits per heavy atom. The smallest absolute Gasteiger partial charge is 0.184 e. The third kappa shape index (κ3) is 4.87. The van der Waals surface area contributed by atoms with E-state index < -0.39 is 30.5 Å². The van der Waals surface area contributed by atoms with Gasteiger partial charge in [0.25, 0.3) is 0 Å². The van der Waals surface area contributed by atoms with Crippen molar-refractivity contribution < 1.29 is 24.8 Å². The van der Waals surface area contributed by atoms with E-state index in [-0.39, 0.29) is 6.61 Å². The molecule has 0 saturated carbocycles. The molecule has 0 radical (unpaired) electrons. The largest absolute Gasteiger partial charge is 0.394 e. The van der Waals surface area contributed by atoms with E-state index in [4.69, 9.17) is 9.47 Å². The molecule has 0 bridgehead atoms. The third-order valence-corrected chi connectivity index (χ3v) is 4.18. The Balaban J connectivity index is 2.50. The Bertz CT molecular complexity index is 290. The number of ether oxygens (including phenoxy) is 2. The van der Waals surface area contributed by atoms with Gasteiger partial charge in [-0.25, -0.2) is 0 Å². The molecule has 0 spiro atoms. The summed E-state index contributed by atoms with van der Waals surface area (Å²) in [6.45, 7) is 11.1. The van der Waals surface area contributed by atoms with Crippen LogP contribution in [0.15, 0.2) is 0 Å². The van der Waals surface area contributed by atoms with E-state index in [0.717, 1.165) is 6.54 Å². The molecule has 0 aliphatic carbocycles. The molecule has 21 heavy (non-hydrogen) atoms. The third-order valence-electron chi connectivity index (χ3n) is 4.18. The molecule has 1 aliphatic rings. The molecule has 0 aromatic rings. The molecule has 1 aliphatic heterocycles. The Morgan fingerprint density at radius 2 is 1.67 bits per heavy atom. The number of nitrogens with zero attached hydrogens (tertiary/aromatic N) is 1. The van der Waals surface area contributed by atoms with Crippen molar-refractivity contribution in [2.75, 3.05) is 19.8 Å². The highest BCUT2D eigenvalue weighted by Gasteiger charge is 2.42. The molecule has 126 valence electrons. The first kappa shape index (κ1) is 18.8. The van der Waals surface area contributed by atoms with Crippen LogP contribution < -0.4 is 0 Å². The summed E-state index contributed by atoms with van der Waals surface area (Å²) < 4.78 is 11.1. The van der Waals surface area contributed by atoms with Crippen molar-refractivity contribution in [3.05, 3.63) is 0 Å². The van der Waals surface area contributed by atoms with Gasteiger partial charge in [-0.2, -0.15) is 0 Å². The van der Waals surface area contributed by atoms with Crippen LogP contribution in [0.4, 0.5) is 0 Å². The van der Waals surface area contributed by atoms with Crippen molar-refractivity contribution >= 4 is 0 Å². The summed E-state index contributed by atoms with van der Waals surface area (Å²) in [5.74, 6) is -0.396. The zero-order valence-electron chi connectivity index (χ0n) is 13.8. The summed E-state index contributed by atoms with van der Waals surface area (Å²) >= 11 is 0. The van der Waals surface area contributed by atoms with Gasteiger partial charge in [-0.1, -0.05) is 6.92 Å². The van der Waals surface area contributed by atoms with Crippen LogP contribution in [0.5, 0.6) is 0 Å². The van der Waals surface area contributed by atoms with Gasteiger partial charge in [0.2, 0.25) is 0 Å². The van der Waals surface area contributed by atoms with Gasteiger partial charge in [0.05, 0.1) is 19.3 Å². The highest BCUT2D eigenvalue weighted by Crippen LogP contribution is 2.26. The Hall–Kier alpha value is -0.240. The molecule has 5 atom stereocenters. The van der Waals surface area contributed by atoms with Crippen LogP contribution in [0.25, 0.3) is 0 Å². The second-order valence-corrected chi connectivity index (χ2v) is 6.36. The standard InChI is InChI=1S/C15H31NO5/c1-9(2)16(10(3)4)6-7-20-15-14(19)11(5)13(18)12(8-17)21-15/h9-15,17-19H,6-8H2,1-5H3. The molecule has 6 heteroatoms. The number of hydrogen-bond donors (Lipinski definition) is 3. The van der Waals surface area contributed by atoms with E-state index in [0.29, 0.717) is 18.7 Å². The van der Waals surface area contributed by atoms with Crippen molar-refractivity contribution in [1.29, 1.82) is 0 Å². The van der Waals surface area contributed by atoms with Crippen LogP contribution in [0.3, 0.4) is 0 Å². The second-order valence-electron chi connectivity index (χ2n) is 6.36. The first-order chi connectivity index (χ1) is 9.79. The number of aliphatic hydroxyl groups excluding tert-OH is 3. The average molecular weight is 305 g/mol. The Labute approximate surface area is 127 Å². The maximum atomic E-state index is 10.1. The van der Waals surface area contributed by atoms with Crippen molar-refractivity contribution in [2.24, 2.45) is 5.92 Å². The lowest BCUT2D eigenvalue weighted by molar-refractivity contribution is -0.288. The highest BCUT2D eigenvalue weighted by atomic mass is 16.7. The van der Waals surface area contributed by atoms with Gasteiger partial charge in [-0.05, 0) is 27.7 Å². The Kier molecular flexibility index (Phi) is 7.53. The Morgan fingerprint density at radius 3 is 2.14 bits per heavy atom. The minimum atomic E-state index is -0.894. The fraction of sp³-hybridized carbons (Fsp3) is 1.00. The topological polar surface area (TPSA) is 82.4 Å². The molecular formula is C15H31NO5. The predicted molar refractivity (Wildman–Crippen MR) is 79.9 cm³/mol. The molecule has 1 heterocycles. The van der Waals surface area contributed by atoms with E-state index in [1.165, 1.54) is 0 Å². The maximum absolute atomic E-state index is 10.1. The molecule has 0 aromatic heterocycles. The van der Waals surface area contributed by atoms with E-state index in [2.05, 4.69) is 32.6 Å². The molecule has 1 fully saturated rings. The lowest BCUT2D eigenvalue weighted by atomic mass is 9.91. The summed E-state index contributed by atoms with van der Waals surface area (Å²) in [5.41, 5.74) is 0. The molecular weight excluding hydrogens is 274 g/mol. The van der Waals surface area contributed by atoms with Gasteiger partial charge < -0.3 is 24.8 Å². The normalized spacial score (nSPS) is 34.1. The van der Waals surface area contributed by atoms with Gasteiger partial charge in [-0.15, -0.1) is 0 Å². The molecule has 0 amide bonds. The lowest BCUT2D eigenvalue weighted by Crippen LogP contribution is -2.55. The van der Waals surface area contributed by atoms with Crippen LogP contribution in [-0.4, -0.2) is 76.7 Å². The van der Waals surface area contributed by atoms with Crippen LogP contribution in [0.2, 0.25) is 0 Å². The monoisotopic (exact) mass is 305 g/mol. The minimum absolute atomic E-state index is 0.289. The van der Waals surface area contributed by atoms with E-state index in [9.17, 15) is 15.3 Å². The lowest BCUT2D eigenvalue weighted by Gasteiger charge is -2.41. The van der Waals surface area contributed by atoms with Gasteiger partial charge >= 0.3 is 0 Å². The van der Waals surface area contributed by atoms with E-state index in [1.807, 2.05) is 0 Å². The maximum Gasteiger partial charge on any atom is 0.184 e. The van der Waals surface area contributed by atoms with E-state index in [1.54, 1.807) is 6.92 Å². The fourth-order valence-electron chi connectivity index (χ4n) is 2.80. The molecule has 0 aromatic carbocycles. The molecule has 1 saturated heterocycles. The summed E-state index contributed by atoms with van der Waals surface area (Å²) in [4.78, 5) is 2.29. The number of aliphatic hydroxyl groups is 3. The first-order valence-electron chi connectivity index (χ1n) is 7.79. The average Bonchev–Trinajstić information content (AvgIpc) is 2.42. The van der Waals surface area contributed by atoms with E-state index >= 15 is 0 Å². The predicted octanol–water partition coefficient (Wildman–Crippen LogP) is 0.197. The SMILES string of the molecule is CC1C(O)C(CO)OC(OCCN(C(C)C)C(C)C)C1O. The van der Waals surface area contributed by atoms with Crippen LogP contribution in [0, 0.1) is 5.92 Å². The summed E-state index contributed by atoms with van der Waals surface area (Å²) in [6.07, 6.45) is -3.29. The zero-order chi connectivity index (χ0) is 16.2. The van der Waals surface area contributed by atoms with Crippen molar-refractivity contribution in [2.45, 2.75) is 71.3 Å². The van der Waals surface area contributed by atoms with Crippen LogP contribution >= 0.6 is 0 Å². The van der Waals surface area contributed by atoms with Gasteiger partial charge in [0, 0.05) is 24.5 Å². The second kappa shape index (κ2) is 8.41. The van der Waals surface area contributed by atoms with Gasteiger partial charge in [-0.3, -0.25) is 4.90 Å². The minimum Gasteiger partial charge on any atom is -0.394 e. The highest BCUT2D eigenvalue weighted by molar-refractivity contribution is 4.86. The fourth-order valence-corrected chi connectivity index (χ4v) is 2.80. The van der Waals surface area contributed by atoms with Crippen molar-refractivity contribution in [1.82, 2.24) is 4.90 Å². The quantitative estimate of drug-likeness (QED) is 0.623. The molecule has 1 rings (SSSR count). The number of rotatable bonds is 7. The van der Waals surface area contributed by atoms with Crippen LogP contribution in [-0.2, 0) is 9.47 Å². The molecule has 5 unspecified atom stereocenters. The number of hydrogen-bond acceptors (Lipinski definition) is 6. The molecule has 3 N–H and O–H groups in total. The van der Waals surface area contributed by atoms with Crippen molar-refractivity contribution in [3.63, 3.8) is 0 Å². The first-order valence-corrected chi connectivity index (χ1v) is 7.79. The van der Waals surface area contributed by atoms with Crippen molar-refractivity contribution in [3.8, 4) is 0 Å². The summed E-state index contributed by atoms with van der Waals surface area (Å²) in [5, 5.41) is 29.2. The van der Waals surface area contributed by atoms with Gasteiger partial charge in [0.1, 0.15) is 12.2 Å². The summed E-state index contributed by atoms with van der Waals surface area (Å²) in [6, 6.07) is 0.827. The molecule has 6 nitrogen and oxygen atoms in total. The van der Waals surface area contributed by atoms with Gasteiger partial charge in [0.15, 0.2) is 6.29 Å². The van der Waals surface area contributed by atoms with Crippen LogP contribution in [0.1, 0.15) is 34.6 Å². The summed E-state index contributed by atoms with van der Waals surface area (Å²) in [7, 11) is 0.